The van der Waals surface area contributed by atoms with Crippen molar-refractivity contribution in [1.29, 1.82) is 0 Å². The molecule has 4 heteroatoms. The van der Waals surface area contributed by atoms with E-state index in [1.165, 1.54) is 199 Å². The SMILES string of the molecule is CCCCCCCCCCCCCCCCCC.CCCCCCCCCCCCCCCCCCOC(C)O.CCOC(C)O. The normalized spacial score (nSPS) is 12.3. The van der Waals surface area contributed by atoms with Crippen molar-refractivity contribution < 1.29 is 19.7 Å². The van der Waals surface area contributed by atoms with Crippen LogP contribution in [0.1, 0.15) is 247 Å². The summed E-state index contributed by atoms with van der Waals surface area (Å²) in [5, 5.41) is 17.3. The summed E-state index contributed by atoms with van der Waals surface area (Å²) < 4.78 is 9.71. The molecule has 0 aromatic heterocycles. The Morgan fingerprint density at radius 3 is 0.652 bits per heavy atom. The van der Waals surface area contributed by atoms with Crippen LogP contribution in [0.4, 0.5) is 0 Å². The van der Waals surface area contributed by atoms with Crippen molar-refractivity contribution in [3.05, 3.63) is 0 Å². The Balaban J connectivity index is -0.000000691. The Morgan fingerprint density at radius 1 is 0.304 bits per heavy atom. The summed E-state index contributed by atoms with van der Waals surface area (Å²) in [5.41, 5.74) is 0. The van der Waals surface area contributed by atoms with Crippen molar-refractivity contribution in [3.63, 3.8) is 0 Å². The molecular formula is C42H90O4. The van der Waals surface area contributed by atoms with Crippen LogP contribution in [0.15, 0.2) is 0 Å². The second-order valence-electron chi connectivity index (χ2n) is 13.8. The van der Waals surface area contributed by atoms with Crippen LogP contribution in [0.5, 0.6) is 0 Å². The number of hydrogen-bond donors (Lipinski definition) is 2. The van der Waals surface area contributed by atoms with Gasteiger partial charge in [-0.2, -0.15) is 0 Å². The largest absolute Gasteiger partial charge is 0.368 e. The minimum atomic E-state index is -0.602. The summed E-state index contributed by atoms with van der Waals surface area (Å²) in [6, 6.07) is 0. The van der Waals surface area contributed by atoms with Gasteiger partial charge >= 0.3 is 0 Å². The van der Waals surface area contributed by atoms with Crippen molar-refractivity contribution in [3.8, 4) is 0 Å². The summed E-state index contributed by atoms with van der Waals surface area (Å²) in [5.74, 6) is 0. The standard InChI is InChI=1S/C20H42O2.C18H38.C4H10O2/c1-3-4-5-6-7-8-9-10-11-12-13-14-15-16-17-18-19-22-20(2)21;1-3-5-7-9-11-13-15-17-18-16-14-12-10-8-6-4-2;1-3-6-4(2)5/h20-21H,3-19H2,1-2H3;3-18H2,1-2H3;4-5H,3H2,1-2H3. The van der Waals surface area contributed by atoms with Crippen LogP contribution in [0.3, 0.4) is 0 Å². The van der Waals surface area contributed by atoms with E-state index < -0.39 is 12.6 Å². The van der Waals surface area contributed by atoms with Crippen LogP contribution in [0.25, 0.3) is 0 Å². The maximum Gasteiger partial charge on any atom is 0.151 e. The number of unbranched alkanes of at least 4 members (excludes halogenated alkanes) is 30. The molecule has 4 nitrogen and oxygen atoms in total. The highest BCUT2D eigenvalue weighted by molar-refractivity contribution is 4.51. The van der Waals surface area contributed by atoms with E-state index in [2.05, 4.69) is 25.5 Å². The predicted octanol–water partition coefficient (Wildman–Crippen LogP) is 14.2. The van der Waals surface area contributed by atoms with Gasteiger partial charge in [0, 0.05) is 13.2 Å². The van der Waals surface area contributed by atoms with Crippen LogP contribution in [0, 0.1) is 0 Å². The van der Waals surface area contributed by atoms with E-state index in [4.69, 9.17) is 14.9 Å². The van der Waals surface area contributed by atoms with E-state index in [0.29, 0.717) is 13.2 Å². The molecule has 0 spiro atoms. The van der Waals surface area contributed by atoms with E-state index in [1.807, 2.05) is 6.92 Å². The number of hydrogen-bond acceptors (Lipinski definition) is 4. The van der Waals surface area contributed by atoms with E-state index >= 15 is 0 Å². The molecule has 282 valence electrons. The fraction of sp³-hybridized carbons (Fsp3) is 1.00. The minimum absolute atomic E-state index is 0.581. The number of ether oxygens (including phenoxy) is 2. The van der Waals surface area contributed by atoms with Gasteiger partial charge in [-0.05, 0) is 27.2 Å². The average Bonchev–Trinajstić information content (AvgIpc) is 3.03. The van der Waals surface area contributed by atoms with E-state index in [-0.39, 0.29) is 0 Å². The molecule has 2 N–H and O–H groups in total. The first-order chi connectivity index (χ1) is 22.5. The van der Waals surface area contributed by atoms with Crippen molar-refractivity contribution in [2.75, 3.05) is 13.2 Å². The minimum Gasteiger partial charge on any atom is -0.368 e. The van der Waals surface area contributed by atoms with Gasteiger partial charge in [-0.1, -0.05) is 220 Å². The second-order valence-corrected chi connectivity index (χ2v) is 13.8. The molecule has 2 unspecified atom stereocenters. The quantitative estimate of drug-likeness (QED) is 0.0525. The molecule has 0 saturated carbocycles. The molecule has 46 heavy (non-hydrogen) atoms. The zero-order valence-corrected chi connectivity index (χ0v) is 32.9. The summed E-state index contributed by atoms with van der Waals surface area (Å²) in [4.78, 5) is 0. The van der Waals surface area contributed by atoms with Gasteiger partial charge in [-0.25, -0.2) is 0 Å². The summed E-state index contributed by atoms with van der Waals surface area (Å²) in [6.07, 6.45) is 44.4. The van der Waals surface area contributed by atoms with Gasteiger partial charge in [-0.15, -0.1) is 0 Å². The highest BCUT2D eigenvalue weighted by Crippen LogP contribution is 2.15. The third kappa shape index (κ3) is 59.3. The maximum absolute atomic E-state index is 8.96. The number of rotatable bonds is 35. The Bertz CT molecular complexity index is 453. The van der Waals surface area contributed by atoms with Crippen LogP contribution in [0.2, 0.25) is 0 Å². The molecule has 0 radical (unpaired) electrons. The molecule has 0 aliphatic rings. The lowest BCUT2D eigenvalue weighted by atomic mass is 10.0. The monoisotopic (exact) mass is 659 g/mol. The molecule has 0 aromatic rings. The van der Waals surface area contributed by atoms with Gasteiger partial charge in [0.2, 0.25) is 0 Å². The third-order valence-corrected chi connectivity index (χ3v) is 8.72. The fourth-order valence-electron chi connectivity index (χ4n) is 5.77. The lowest BCUT2D eigenvalue weighted by Gasteiger charge is -2.06. The van der Waals surface area contributed by atoms with Crippen LogP contribution < -0.4 is 0 Å². The van der Waals surface area contributed by atoms with Gasteiger partial charge in [0.1, 0.15) is 0 Å². The van der Waals surface area contributed by atoms with Gasteiger partial charge in [0.05, 0.1) is 0 Å². The zero-order chi connectivity index (χ0) is 34.6. The number of aliphatic hydroxyl groups is 2. The molecular weight excluding hydrogens is 568 g/mol. The molecule has 0 amide bonds. The summed E-state index contributed by atoms with van der Waals surface area (Å²) in [7, 11) is 0. The van der Waals surface area contributed by atoms with Crippen molar-refractivity contribution >= 4 is 0 Å². The molecule has 0 aliphatic carbocycles. The second kappa shape index (κ2) is 49.2. The highest BCUT2D eigenvalue weighted by atomic mass is 16.6. The Morgan fingerprint density at radius 2 is 0.500 bits per heavy atom. The Labute approximate surface area is 292 Å². The third-order valence-electron chi connectivity index (χ3n) is 8.72. The van der Waals surface area contributed by atoms with E-state index in [9.17, 15) is 0 Å². The molecule has 0 fully saturated rings. The molecule has 0 aromatic carbocycles. The first kappa shape index (κ1) is 50.2. The number of aliphatic hydroxyl groups excluding tert-OH is 2. The van der Waals surface area contributed by atoms with Gasteiger partial charge < -0.3 is 19.7 Å². The smallest absolute Gasteiger partial charge is 0.151 e. The predicted molar refractivity (Wildman–Crippen MR) is 206 cm³/mol. The van der Waals surface area contributed by atoms with Crippen molar-refractivity contribution in [2.45, 2.75) is 260 Å². The Kier molecular flexibility index (Phi) is 53.7. The van der Waals surface area contributed by atoms with Crippen molar-refractivity contribution in [1.82, 2.24) is 0 Å². The summed E-state index contributed by atoms with van der Waals surface area (Å²) in [6.45, 7) is 13.3. The van der Waals surface area contributed by atoms with E-state index in [1.54, 1.807) is 13.8 Å². The summed E-state index contributed by atoms with van der Waals surface area (Å²) >= 11 is 0. The molecule has 0 rings (SSSR count). The fourth-order valence-corrected chi connectivity index (χ4v) is 5.77. The highest BCUT2D eigenvalue weighted by Gasteiger charge is 1.97. The van der Waals surface area contributed by atoms with Gasteiger partial charge in [-0.3, -0.25) is 0 Å². The Hall–Kier alpha value is -0.160. The van der Waals surface area contributed by atoms with E-state index in [0.717, 1.165) is 6.42 Å². The molecule has 2 atom stereocenters. The molecule has 0 aliphatic heterocycles. The first-order valence-corrected chi connectivity index (χ1v) is 21.0. The first-order valence-electron chi connectivity index (χ1n) is 21.0. The maximum atomic E-state index is 8.96. The van der Waals surface area contributed by atoms with Gasteiger partial charge in [0.15, 0.2) is 12.6 Å². The van der Waals surface area contributed by atoms with Crippen LogP contribution in [-0.2, 0) is 9.47 Å². The van der Waals surface area contributed by atoms with Gasteiger partial charge in [0.25, 0.3) is 0 Å². The zero-order valence-electron chi connectivity index (χ0n) is 32.9. The molecule has 0 bridgehead atoms. The molecule has 0 heterocycles. The lowest BCUT2D eigenvalue weighted by molar-refractivity contribution is -0.0859. The van der Waals surface area contributed by atoms with Crippen molar-refractivity contribution in [2.24, 2.45) is 0 Å². The van der Waals surface area contributed by atoms with Crippen LogP contribution in [-0.4, -0.2) is 36.0 Å². The van der Waals surface area contributed by atoms with Crippen LogP contribution >= 0.6 is 0 Å². The average molecular weight is 659 g/mol. The molecule has 0 saturated heterocycles. The lowest BCUT2D eigenvalue weighted by Crippen LogP contribution is -2.06. The topological polar surface area (TPSA) is 58.9 Å².